The minimum atomic E-state index is 0.119. The van der Waals surface area contributed by atoms with E-state index in [1.165, 1.54) is 4.70 Å². The van der Waals surface area contributed by atoms with E-state index in [0.717, 1.165) is 53.2 Å². The van der Waals surface area contributed by atoms with Crippen LogP contribution in [0.1, 0.15) is 30.1 Å². The summed E-state index contributed by atoms with van der Waals surface area (Å²) in [5.74, 6) is 1.14. The van der Waals surface area contributed by atoms with Crippen molar-refractivity contribution in [2.75, 3.05) is 6.54 Å². The Morgan fingerprint density at radius 2 is 1.82 bits per heavy atom. The highest BCUT2D eigenvalue weighted by molar-refractivity contribution is 7.18. The lowest BCUT2D eigenvalue weighted by molar-refractivity contribution is -0.121. The van der Waals surface area contributed by atoms with E-state index in [4.69, 9.17) is 0 Å². The first-order chi connectivity index (χ1) is 13.7. The molecule has 2 aromatic carbocycles. The fourth-order valence-electron chi connectivity index (χ4n) is 3.46. The largest absolute Gasteiger partial charge is 0.356 e. The summed E-state index contributed by atoms with van der Waals surface area (Å²) in [7, 11) is 0. The summed E-state index contributed by atoms with van der Waals surface area (Å²) in [6.45, 7) is 3.57. The molecule has 2 heterocycles. The van der Waals surface area contributed by atoms with Gasteiger partial charge in [0.05, 0.1) is 26.3 Å². The molecule has 0 aliphatic rings. The number of rotatable bonds is 8. The first kappa shape index (κ1) is 18.6. The van der Waals surface area contributed by atoms with Crippen LogP contribution in [0.15, 0.2) is 48.5 Å². The molecule has 144 valence electrons. The molecule has 0 atom stereocenters. The number of aromatic nitrogens is 3. The molecule has 28 heavy (non-hydrogen) atoms. The lowest BCUT2D eigenvalue weighted by atomic mass is 10.2. The number of para-hydroxylation sites is 3. The van der Waals surface area contributed by atoms with E-state index in [0.29, 0.717) is 13.0 Å². The molecule has 4 aromatic rings. The highest BCUT2D eigenvalue weighted by atomic mass is 32.1. The summed E-state index contributed by atoms with van der Waals surface area (Å²) in [5, 5.41) is 4.14. The predicted molar refractivity (Wildman–Crippen MR) is 115 cm³/mol. The van der Waals surface area contributed by atoms with Crippen LogP contribution < -0.4 is 5.32 Å². The van der Waals surface area contributed by atoms with E-state index < -0.39 is 0 Å². The van der Waals surface area contributed by atoms with Gasteiger partial charge in [-0.05, 0) is 50.5 Å². The summed E-state index contributed by atoms with van der Waals surface area (Å²) in [4.78, 5) is 21.3. The molecule has 0 aliphatic heterocycles. The highest BCUT2D eigenvalue weighted by Crippen LogP contribution is 2.22. The van der Waals surface area contributed by atoms with Crippen LogP contribution in [0.4, 0.5) is 0 Å². The molecular formula is C22H24N4OS. The fraction of sp³-hybridized carbons (Fsp3) is 0.318. The molecule has 2 aromatic heterocycles. The Morgan fingerprint density at radius 1 is 1.04 bits per heavy atom. The topological polar surface area (TPSA) is 59.8 Å². The average molecular weight is 393 g/mol. The van der Waals surface area contributed by atoms with Crippen LogP contribution in [0.5, 0.6) is 0 Å². The van der Waals surface area contributed by atoms with Crippen molar-refractivity contribution >= 4 is 38.5 Å². The number of aryl methyl sites for hydroxylation is 3. The second-order valence-corrected chi connectivity index (χ2v) is 8.05. The van der Waals surface area contributed by atoms with Crippen molar-refractivity contribution < 1.29 is 4.79 Å². The number of amides is 1. The van der Waals surface area contributed by atoms with Gasteiger partial charge in [0, 0.05) is 19.5 Å². The third-order valence-corrected chi connectivity index (χ3v) is 5.95. The maximum Gasteiger partial charge on any atom is 0.220 e. The SMILES string of the molecule is Cc1nc2ccccc2n1CCCNC(=O)CCCc1nc2ccccc2s1. The van der Waals surface area contributed by atoms with Crippen molar-refractivity contribution in [3.05, 3.63) is 59.4 Å². The lowest BCUT2D eigenvalue weighted by Crippen LogP contribution is -2.25. The number of carbonyl (C=O) groups is 1. The Morgan fingerprint density at radius 3 is 2.68 bits per heavy atom. The smallest absolute Gasteiger partial charge is 0.220 e. The molecule has 0 spiro atoms. The molecule has 4 rings (SSSR count). The first-order valence-electron chi connectivity index (χ1n) is 9.74. The fourth-order valence-corrected chi connectivity index (χ4v) is 4.47. The minimum Gasteiger partial charge on any atom is -0.356 e. The zero-order chi connectivity index (χ0) is 19.3. The van der Waals surface area contributed by atoms with Crippen molar-refractivity contribution in [1.29, 1.82) is 0 Å². The van der Waals surface area contributed by atoms with Crippen LogP contribution in [0.25, 0.3) is 21.3 Å². The summed E-state index contributed by atoms with van der Waals surface area (Å²) in [5.41, 5.74) is 3.23. The predicted octanol–water partition coefficient (Wildman–Crippen LogP) is 4.48. The summed E-state index contributed by atoms with van der Waals surface area (Å²) >= 11 is 1.72. The van der Waals surface area contributed by atoms with Crippen LogP contribution in [0.3, 0.4) is 0 Å². The van der Waals surface area contributed by atoms with Crippen LogP contribution in [-0.4, -0.2) is 27.0 Å². The molecule has 1 N–H and O–H groups in total. The molecule has 1 amide bonds. The van der Waals surface area contributed by atoms with Crippen LogP contribution in [0, 0.1) is 6.92 Å². The zero-order valence-electron chi connectivity index (χ0n) is 16.0. The van der Waals surface area contributed by atoms with Crippen molar-refractivity contribution in [2.24, 2.45) is 0 Å². The first-order valence-corrected chi connectivity index (χ1v) is 10.6. The van der Waals surface area contributed by atoms with E-state index in [1.54, 1.807) is 11.3 Å². The minimum absolute atomic E-state index is 0.119. The lowest BCUT2D eigenvalue weighted by Gasteiger charge is -2.08. The van der Waals surface area contributed by atoms with Gasteiger partial charge >= 0.3 is 0 Å². The van der Waals surface area contributed by atoms with Gasteiger partial charge in [0.2, 0.25) is 5.91 Å². The monoisotopic (exact) mass is 392 g/mol. The molecule has 0 radical (unpaired) electrons. The van der Waals surface area contributed by atoms with Crippen molar-refractivity contribution in [2.45, 2.75) is 39.2 Å². The van der Waals surface area contributed by atoms with E-state index in [1.807, 2.05) is 43.3 Å². The number of nitrogens with zero attached hydrogens (tertiary/aromatic N) is 3. The maximum atomic E-state index is 12.1. The number of benzene rings is 2. The third-order valence-electron chi connectivity index (χ3n) is 4.86. The Labute approximate surface area is 168 Å². The molecule has 5 nitrogen and oxygen atoms in total. The van der Waals surface area contributed by atoms with Crippen LogP contribution >= 0.6 is 11.3 Å². The number of carbonyl (C=O) groups excluding carboxylic acids is 1. The number of imidazole rings is 1. The summed E-state index contributed by atoms with van der Waals surface area (Å²) in [6, 6.07) is 16.3. The maximum absolute atomic E-state index is 12.1. The highest BCUT2D eigenvalue weighted by Gasteiger charge is 2.08. The van der Waals surface area contributed by atoms with Crippen molar-refractivity contribution in [3.8, 4) is 0 Å². The Balaban J connectivity index is 1.19. The molecule has 0 saturated heterocycles. The molecule has 0 saturated carbocycles. The zero-order valence-corrected chi connectivity index (χ0v) is 16.8. The van der Waals surface area contributed by atoms with Crippen LogP contribution in [0.2, 0.25) is 0 Å². The molecule has 0 bridgehead atoms. The van der Waals surface area contributed by atoms with E-state index in [-0.39, 0.29) is 5.91 Å². The quantitative estimate of drug-likeness (QED) is 0.450. The van der Waals surface area contributed by atoms with Gasteiger partial charge in [-0.1, -0.05) is 24.3 Å². The standard InChI is InChI=1S/C22H24N4OS/c1-16-24-17-8-2-4-10-19(17)26(16)15-7-14-23-21(27)12-6-13-22-25-18-9-3-5-11-20(18)28-22/h2-5,8-11H,6-7,12-15H2,1H3,(H,23,27). The Kier molecular flexibility index (Phi) is 5.67. The Bertz CT molecular complexity index is 1070. The van der Waals surface area contributed by atoms with Crippen molar-refractivity contribution in [3.63, 3.8) is 0 Å². The van der Waals surface area contributed by atoms with Gasteiger partial charge in [-0.2, -0.15) is 0 Å². The number of nitrogens with one attached hydrogen (secondary N) is 1. The van der Waals surface area contributed by atoms with E-state index in [9.17, 15) is 4.79 Å². The Hall–Kier alpha value is -2.73. The van der Waals surface area contributed by atoms with Gasteiger partial charge in [-0.25, -0.2) is 9.97 Å². The van der Waals surface area contributed by atoms with Gasteiger partial charge in [0.25, 0.3) is 0 Å². The van der Waals surface area contributed by atoms with Gasteiger partial charge in [-0.3, -0.25) is 4.79 Å². The third kappa shape index (κ3) is 4.22. The molecule has 0 aliphatic carbocycles. The summed E-state index contributed by atoms with van der Waals surface area (Å²) in [6.07, 6.45) is 3.12. The summed E-state index contributed by atoms with van der Waals surface area (Å²) < 4.78 is 3.43. The number of hydrogen-bond acceptors (Lipinski definition) is 4. The van der Waals surface area contributed by atoms with Crippen molar-refractivity contribution in [1.82, 2.24) is 19.9 Å². The average Bonchev–Trinajstić information content (AvgIpc) is 3.25. The van der Waals surface area contributed by atoms with Gasteiger partial charge in [0.1, 0.15) is 5.82 Å². The normalized spacial score (nSPS) is 11.3. The van der Waals surface area contributed by atoms with Gasteiger partial charge < -0.3 is 9.88 Å². The number of hydrogen-bond donors (Lipinski definition) is 1. The molecular weight excluding hydrogens is 368 g/mol. The second-order valence-electron chi connectivity index (χ2n) is 6.93. The van der Waals surface area contributed by atoms with Crippen LogP contribution in [-0.2, 0) is 17.8 Å². The van der Waals surface area contributed by atoms with Gasteiger partial charge in [0.15, 0.2) is 0 Å². The van der Waals surface area contributed by atoms with E-state index in [2.05, 4.69) is 32.0 Å². The molecule has 0 unspecified atom stereocenters. The second kappa shape index (κ2) is 8.52. The number of fused-ring (bicyclic) bond motifs is 2. The van der Waals surface area contributed by atoms with E-state index >= 15 is 0 Å². The number of thiazole rings is 1. The molecule has 0 fully saturated rings. The molecule has 6 heteroatoms. The van der Waals surface area contributed by atoms with Gasteiger partial charge in [-0.15, -0.1) is 11.3 Å².